The first kappa shape index (κ1) is 12.4. The molecule has 0 fully saturated rings. The van der Waals surface area contributed by atoms with Gasteiger partial charge in [-0.05, 0) is 26.0 Å². The number of hydrogen-bond donors (Lipinski definition) is 1. The molecule has 0 radical (unpaired) electrons. The lowest BCUT2D eigenvalue weighted by Crippen LogP contribution is -2.15. The Balaban J connectivity index is 2.66. The Morgan fingerprint density at radius 2 is 2.44 bits per heavy atom. The van der Waals surface area contributed by atoms with Crippen molar-refractivity contribution in [3.63, 3.8) is 0 Å². The van der Waals surface area contributed by atoms with Crippen molar-refractivity contribution in [1.29, 1.82) is 0 Å². The van der Waals surface area contributed by atoms with Gasteiger partial charge >= 0.3 is 5.97 Å². The number of aromatic nitrogens is 1. The highest BCUT2D eigenvalue weighted by molar-refractivity contribution is 6.35. The summed E-state index contributed by atoms with van der Waals surface area (Å²) < 4.78 is 4.76. The lowest BCUT2D eigenvalue weighted by atomic mass is 10.4. The third-order valence-corrected chi connectivity index (χ3v) is 1.98. The maximum Gasteiger partial charge on any atom is 0.354 e. The maximum absolute atomic E-state index is 11.2. The number of hydrogen-bond acceptors (Lipinski definition) is 5. The number of pyridine rings is 1. The summed E-state index contributed by atoms with van der Waals surface area (Å²) in [7, 11) is 0. The third kappa shape index (κ3) is 3.51. The average Bonchev–Trinajstić information content (AvgIpc) is 2.28. The van der Waals surface area contributed by atoms with Gasteiger partial charge in [-0.2, -0.15) is 5.10 Å². The van der Waals surface area contributed by atoms with E-state index in [2.05, 4.69) is 15.5 Å². The van der Waals surface area contributed by atoms with Gasteiger partial charge in [0, 0.05) is 6.20 Å². The molecule has 1 N–H and O–H groups in total. The number of hydrazone groups is 1. The molecule has 0 aliphatic carbocycles. The number of rotatable bonds is 4. The summed E-state index contributed by atoms with van der Waals surface area (Å²) in [4.78, 5) is 15.1. The molecule has 1 aromatic rings. The zero-order chi connectivity index (χ0) is 12.0. The van der Waals surface area contributed by atoms with E-state index in [-0.39, 0.29) is 5.71 Å². The minimum atomic E-state index is -0.463. The number of nitrogens with one attached hydrogen (secondary N) is 1. The number of anilines is 1. The summed E-state index contributed by atoms with van der Waals surface area (Å²) in [5.74, 6) is -0.463. The smallest absolute Gasteiger partial charge is 0.354 e. The van der Waals surface area contributed by atoms with Crippen LogP contribution in [0.25, 0.3) is 0 Å². The van der Waals surface area contributed by atoms with Crippen molar-refractivity contribution >= 4 is 29.0 Å². The Kier molecular flexibility index (Phi) is 4.72. The molecule has 86 valence electrons. The Morgan fingerprint density at radius 1 is 1.69 bits per heavy atom. The largest absolute Gasteiger partial charge is 0.461 e. The fourth-order valence-electron chi connectivity index (χ4n) is 0.895. The molecule has 0 saturated heterocycles. The van der Waals surface area contributed by atoms with Crippen LogP contribution in [0, 0.1) is 0 Å². The lowest BCUT2D eigenvalue weighted by molar-refractivity contribution is -0.135. The van der Waals surface area contributed by atoms with Crippen LogP contribution in [0.5, 0.6) is 0 Å². The van der Waals surface area contributed by atoms with Crippen LogP contribution in [0.1, 0.15) is 13.8 Å². The minimum absolute atomic E-state index is 0.224. The second kappa shape index (κ2) is 6.07. The van der Waals surface area contributed by atoms with Crippen molar-refractivity contribution < 1.29 is 9.53 Å². The Morgan fingerprint density at radius 3 is 3.06 bits per heavy atom. The maximum atomic E-state index is 11.2. The molecule has 6 heteroatoms. The first-order valence-corrected chi connectivity index (χ1v) is 5.11. The van der Waals surface area contributed by atoms with Gasteiger partial charge in [-0.15, -0.1) is 0 Å². The Hall–Kier alpha value is -1.62. The molecule has 0 aliphatic rings. The van der Waals surface area contributed by atoms with Crippen LogP contribution in [-0.2, 0) is 9.53 Å². The zero-order valence-electron chi connectivity index (χ0n) is 9.03. The van der Waals surface area contributed by atoms with Gasteiger partial charge < -0.3 is 4.74 Å². The standard InChI is InChI=1S/C10H12ClN3O2/c1-3-16-10(15)7(2)13-14-8-5-4-6-12-9(8)11/h4-6,14H,3H2,1-2H3/b13-7+. The van der Waals surface area contributed by atoms with Crippen LogP contribution in [0.4, 0.5) is 5.69 Å². The van der Waals surface area contributed by atoms with E-state index in [1.807, 2.05) is 0 Å². The van der Waals surface area contributed by atoms with Crippen LogP contribution in [0.15, 0.2) is 23.4 Å². The second-order valence-corrected chi connectivity index (χ2v) is 3.23. The topological polar surface area (TPSA) is 63.6 Å². The van der Waals surface area contributed by atoms with Crippen molar-refractivity contribution in [3.8, 4) is 0 Å². The molecule has 0 saturated carbocycles. The zero-order valence-corrected chi connectivity index (χ0v) is 9.78. The van der Waals surface area contributed by atoms with Crippen LogP contribution >= 0.6 is 11.6 Å². The number of halogens is 1. The van der Waals surface area contributed by atoms with Crippen LogP contribution in [0.2, 0.25) is 5.15 Å². The molecule has 5 nitrogen and oxygen atoms in total. The van der Waals surface area contributed by atoms with Crippen LogP contribution in [0.3, 0.4) is 0 Å². The highest BCUT2D eigenvalue weighted by atomic mass is 35.5. The first-order chi connectivity index (χ1) is 7.65. The van der Waals surface area contributed by atoms with Gasteiger partial charge in [-0.3, -0.25) is 5.43 Å². The van der Waals surface area contributed by atoms with E-state index in [0.29, 0.717) is 17.4 Å². The lowest BCUT2D eigenvalue weighted by Gasteiger charge is -2.03. The van der Waals surface area contributed by atoms with E-state index in [0.717, 1.165) is 0 Å². The number of esters is 1. The fraction of sp³-hybridized carbons (Fsp3) is 0.300. The van der Waals surface area contributed by atoms with E-state index in [1.54, 1.807) is 32.2 Å². The third-order valence-electron chi connectivity index (χ3n) is 1.67. The molecule has 0 bridgehead atoms. The second-order valence-electron chi connectivity index (χ2n) is 2.87. The van der Waals surface area contributed by atoms with Gasteiger partial charge in [0.2, 0.25) is 0 Å². The molecule has 1 heterocycles. The number of nitrogens with zero attached hydrogens (tertiary/aromatic N) is 2. The summed E-state index contributed by atoms with van der Waals surface area (Å²) in [5.41, 5.74) is 3.40. The van der Waals surface area contributed by atoms with Crippen molar-refractivity contribution in [2.24, 2.45) is 5.10 Å². The average molecular weight is 242 g/mol. The molecule has 16 heavy (non-hydrogen) atoms. The summed E-state index contributed by atoms with van der Waals surface area (Å²) in [6, 6.07) is 3.42. The molecule has 0 atom stereocenters. The number of carbonyl (C=O) groups is 1. The molecule has 0 unspecified atom stereocenters. The van der Waals surface area contributed by atoms with E-state index in [4.69, 9.17) is 16.3 Å². The molecule has 0 aromatic carbocycles. The van der Waals surface area contributed by atoms with Crippen molar-refractivity contribution in [3.05, 3.63) is 23.5 Å². The van der Waals surface area contributed by atoms with Gasteiger partial charge in [0.15, 0.2) is 5.15 Å². The number of ether oxygens (including phenoxy) is 1. The van der Waals surface area contributed by atoms with Crippen LogP contribution in [-0.4, -0.2) is 23.3 Å². The van der Waals surface area contributed by atoms with Crippen molar-refractivity contribution in [2.45, 2.75) is 13.8 Å². The molecular weight excluding hydrogens is 230 g/mol. The van der Waals surface area contributed by atoms with Crippen molar-refractivity contribution in [1.82, 2.24) is 4.98 Å². The highest BCUT2D eigenvalue weighted by Crippen LogP contribution is 2.17. The van der Waals surface area contributed by atoms with Gasteiger partial charge in [-0.1, -0.05) is 11.6 Å². The van der Waals surface area contributed by atoms with Gasteiger partial charge in [0.05, 0.1) is 12.3 Å². The summed E-state index contributed by atoms with van der Waals surface area (Å²) in [6.45, 7) is 3.60. The van der Waals surface area contributed by atoms with Gasteiger partial charge in [0.1, 0.15) is 5.71 Å². The van der Waals surface area contributed by atoms with Gasteiger partial charge in [-0.25, -0.2) is 9.78 Å². The number of carbonyl (C=O) groups excluding carboxylic acids is 1. The quantitative estimate of drug-likeness (QED) is 0.379. The Labute approximate surface area is 98.5 Å². The molecule has 1 rings (SSSR count). The van der Waals surface area contributed by atoms with E-state index < -0.39 is 5.97 Å². The predicted octanol–water partition coefficient (Wildman–Crippen LogP) is 2.09. The SMILES string of the molecule is CCOC(=O)/C(C)=N/Nc1cccnc1Cl. The molecule has 0 amide bonds. The van der Waals surface area contributed by atoms with Crippen LogP contribution < -0.4 is 5.43 Å². The predicted molar refractivity (Wildman–Crippen MR) is 62.6 cm³/mol. The van der Waals surface area contributed by atoms with E-state index in [1.165, 1.54) is 0 Å². The van der Waals surface area contributed by atoms with E-state index in [9.17, 15) is 4.79 Å². The Bertz CT molecular complexity index is 407. The van der Waals surface area contributed by atoms with Crippen molar-refractivity contribution in [2.75, 3.05) is 12.0 Å². The summed E-state index contributed by atoms with van der Waals surface area (Å²) in [5, 5.41) is 4.14. The minimum Gasteiger partial charge on any atom is -0.461 e. The molecule has 1 aromatic heterocycles. The summed E-state index contributed by atoms with van der Waals surface area (Å²) in [6.07, 6.45) is 1.56. The first-order valence-electron chi connectivity index (χ1n) is 4.73. The van der Waals surface area contributed by atoms with Gasteiger partial charge in [0.25, 0.3) is 0 Å². The fourth-order valence-corrected chi connectivity index (χ4v) is 1.06. The van der Waals surface area contributed by atoms with E-state index >= 15 is 0 Å². The molecule has 0 aliphatic heterocycles. The molecular formula is C10H12ClN3O2. The highest BCUT2D eigenvalue weighted by Gasteiger charge is 2.06. The molecule has 0 spiro atoms. The monoisotopic (exact) mass is 241 g/mol. The summed E-state index contributed by atoms with van der Waals surface area (Å²) >= 11 is 5.79. The normalized spacial score (nSPS) is 11.1.